The maximum Gasteiger partial charge on any atom is 0.306 e. The first-order chi connectivity index (χ1) is 37.0. The Morgan fingerprint density at radius 2 is 0.440 bits per heavy atom. The van der Waals surface area contributed by atoms with Gasteiger partial charge in [0.15, 0.2) is 6.10 Å². The van der Waals surface area contributed by atoms with E-state index in [0.717, 1.165) is 64.2 Å². The summed E-state index contributed by atoms with van der Waals surface area (Å²) in [5.41, 5.74) is 0. The normalized spacial score (nSPS) is 12.0. The average Bonchev–Trinajstić information content (AvgIpc) is 3.41. The molecular weight excluding hydrogens is 925 g/mol. The molecule has 0 spiro atoms. The van der Waals surface area contributed by atoms with Gasteiger partial charge in [-0.3, -0.25) is 14.4 Å². The Balaban J connectivity index is 3.92. The monoisotopic (exact) mass is 1060 g/mol. The number of hydrogen-bond acceptors (Lipinski definition) is 6. The molecule has 0 aliphatic carbocycles. The van der Waals surface area contributed by atoms with E-state index in [4.69, 9.17) is 14.2 Å². The first kappa shape index (κ1) is 73.2. The van der Waals surface area contributed by atoms with Gasteiger partial charge in [0.25, 0.3) is 0 Å². The molecule has 0 aliphatic rings. The van der Waals surface area contributed by atoms with Gasteiger partial charge in [-0.1, -0.05) is 341 Å². The molecule has 0 radical (unpaired) electrons. The van der Waals surface area contributed by atoms with Crippen LogP contribution in [0.4, 0.5) is 0 Å². The standard InChI is InChI=1S/C69H132O6/c1-4-7-10-13-15-17-19-21-23-25-27-29-31-32-33-34-35-36-38-39-41-43-45-47-49-51-53-56-59-62-68(71)74-65-66(64-73-67(70)61-58-55-12-9-6-3)75-69(72)63-60-57-54-52-50-48-46-44-42-40-37-30-28-26-24-22-20-18-16-14-11-8-5-2/h25,27,66H,4-24,26,28-65H2,1-3H3/b27-25-. The molecule has 0 aromatic rings. The van der Waals surface area contributed by atoms with Crippen molar-refractivity contribution in [2.45, 2.75) is 399 Å². The van der Waals surface area contributed by atoms with Crippen LogP contribution in [0.25, 0.3) is 0 Å². The molecule has 0 aromatic heterocycles. The summed E-state index contributed by atoms with van der Waals surface area (Å²) in [6, 6.07) is 0. The Kier molecular flexibility index (Phi) is 63.1. The summed E-state index contributed by atoms with van der Waals surface area (Å²) >= 11 is 0. The van der Waals surface area contributed by atoms with Crippen LogP contribution in [-0.4, -0.2) is 37.2 Å². The highest BCUT2D eigenvalue weighted by Crippen LogP contribution is 2.19. The van der Waals surface area contributed by atoms with E-state index >= 15 is 0 Å². The van der Waals surface area contributed by atoms with E-state index in [9.17, 15) is 14.4 Å². The van der Waals surface area contributed by atoms with Gasteiger partial charge in [-0.15, -0.1) is 0 Å². The third kappa shape index (κ3) is 62.9. The third-order valence-corrected chi connectivity index (χ3v) is 15.8. The average molecular weight is 1060 g/mol. The van der Waals surface area contributed by atoms with E-state index in [1.54, 1.807) is 0 Å². The predicted octanol–water partition coefficient (Wildman–Crippen LogP) is 23.2. The molecule has 75 heavy (non-hydrogen) atoms. The Morgan fingerprint density at radius 1 is 0.253 bits per heavy atom. The second kappa shape index (κ2) is 64.7. The van der Waals surface area contributed by atoms with Crippen molar-refractivity contribution < 1.29 is 28.6 Å². The smallest absolute Gasteiger partial charge is 0.306 e. The van der Waals surface area contributed by atoms with E-state index in [2.05, 4.69) is 32.9 Å². The molecule has 1 unspecified atom stereocenters. The number of allylic oxidation sites excluding steroid dienone is 2. The SMILES string of the molecule is CCCCCCCCCC/C=C\CCCCCCCCCCCCCCCCCCCC(=O)OCC(COC(=O)CCCCCCC)OC(=O)CCCCCCCCCCCCCCCCCCCCCCCCC. The fourth-order valence-corrected chi connectivity index (χ4v) is 10.6. The molecule has 0 N–H and O–H groups in total. The summed E-state index contributed by atoms with van der Waals surface area (Å²) in [5, 5.41) is 0. The lowest BCUT2D eigenvalue weighted by atomic mass is 10.0. The van der Waals surface area contributed by atoms with Gasteiger partial charge in [0.1, 0.15) is 13.2 Å². The van der Waals surface area contributed by atoms with Gasteiger partial charge >= 0.3 is 17.9 Å². The van der Waals surface area contributed by atoms with Crippen molar-refractivity contribution in [1.82, 2.24) is 0 Å². The van der Waals surface area contributed by atoms with Gasteiger partial charge in [-0.2, -0.15) is 0 Å². The van der Waals surface area contributed by atoms with E-state index in [1.165, 1.54) is 289 Å². The molecule has 444 valence electrons. The predicted molar refractivity (Wildman–Crippen MR) is 326 cm³/mol. The van der Waals surface area contributed by atoms with E-state index in [-0.39, 0.29) is 31.1 Å². The minimum Gasteiger partial charge on any atom is -0.462 e. The van der Waals surface area contributed by atoms with Gasteiger partial charge in [0, 0.05) is 19.3 Å². The molecule has 0 saturated heterocycles. The van der Waals surface area contributed by atoms with Crippen LogP contribution in [0, 0.1) is 0 Å². The molecule has 0 fully saturated rings. The fourth-order valence-electron chi connectivity index (χ4n) is 10.6. The lowest BCUT2D eigenvalue weighted by molar-refractivity contribution is -0.167. The molecule has 0 aliphatic heterocycles. The number of carbonyl (C=O) groups excluding carboxylic acids is 3. The van der Waals surface area contributed by atoms with E-state index in [1.807, 2.05) is 0 Å². The lowest BCUT2D eigenvalue weighted by Crippen LogP contribution is -2.30. The molecule has 0 amide bonds. The van der Waals surface area contributed by atoms with Crippen LogP contribution in [0.1, 0.15) is 393 Å². The van der Waals surface area contributed by atoms with Crippen molar-refractivity contribution in [2.24, 2.45) is 0 Å². The molecule has 0 aromatic carbocycles. The van der Waals surface area contributed by atoms with Crippen molar-refractivity contribution in [2.75, 3.05) is 13.2 Å². The van der Waals surface area contributed by atoms with E-state index in [0.29, 0.717) is 19.3 Å². The van der Waals surface area contributed by atoms with Crippen LogP contribution in [0.5, 0.6) is 0 Å². The summed E-state index contributed by atoms with van der Waals surface area (Å²) in [6.45, 7) is 6.64. The number of esters is 3. The zero-order valence-electron chi connectivity index (χ0n) is 51.1. The molecule has 0 rings (SSSR count). The van der Waals surface area contributed by atoms with Crippen LogP contribution >= 0.6 is 0 Å². The molecule has 1 atom stereocenters. The van der Waals surface area contributed by atoms with Crippen LogP contribution in [-0.2, 0) is 28.6 Å². The zero-order valence-corrected chi connectivity index (χ0v) is 51.1. The second-order valence-corrected chi connectivity index (χ2v) is 23.5. The first-order valence-corrected chi connectivity index (χ1v) is 34.2. The summed E-state index contributed by atoms with van der Waals surface area (Å²) < 4.78 is 16.8. The van der Waals surface area contributed by atoms with Crippen molar-refractivity contribution in [1.29, 1.82) is 0 Å². The highest BCUT2D eigenvalue weighted by Gasteiger charge is 2.19. The maximum atomic E-state index is 12.8. The topological polar surface area (TPSA) is 78.9 Å². The quantitative estimate of drug-likeness (QED) is 0.0261. The van der Waals surface area contributed by atoms with Gasteiger partial charge in [-0.25, -0.2) is 0 Å². The molecule has 0 heterocycles. The van der Waals surface area contributed by atoms with Crippen LogP contribution in [0.3, 0.4) is 0 Å². The summed E-state index contributed by atoms with van der Waals surface area (Å²) in [4.78, 5) is 38.0. The minimum atomic E-state index is -0.762. The summed E-state index contributed by atoms with van der Waals surface area (Å²) in [7, 11) is 0. The molecule has 0 saturated carbocycles. The van der Waals surface area contributed by atoms with Crippen LogP contribution < -0.4 is 0 Å². The van der Waals surface area contributed by atoms with E-state index < -0.39 is 6.10 Å². The summed E-state index contributed by atoms with van der Waals surface area (Å²) in [6.07, 6.45) is 77.3. The number of ether oxygens (including phenoxy) is 3. The number of unbranched alkanes of at least 4 members (excludes halogenated alkanes) is 51. The Hall–Kier alpha value is -1.85. The largest absolute Gasteiger partial charge is 0.462 e. The van der Waals surface area contributed by atoms with Gasteiger partial charge in [0.2, 0.25) is 0 Å². The van der Waals surface area contributed by atoms with Crippen molar-refractivity contribution in [3.05, 3.63) is 12.2 Å². The van der Waals surface area contributed by atoms with Gasteiger partial charge in [-0.05, 0) is 44.9 Å². The molecular formula is C69H132O6. The highest BCUT2D eigenvalue weighted by molar-refractivity contribution is 5.71. The maximum absolute atomic E-state index is 12.8. The number of rotatable bonds is 64. The summed E-state index contributed by atoms with van der Waals surface area (Å²) in [5.74, 6) is -0.849. The lowest BCUT2D eigenvalue weighted by Gasteiger charge is -2.18. The zero-order chi connectivity index (χ0) is 54.3. The van der Waals surface area contributed by atoms with Crippen LogP contribution in [0.2, 0.25) is 0 Å². The molecule has 6 heteroatoms. The Morgan fingerprint density at radius 3 is 0.667 bits per heavy atom. The number of hydrogen-bond donors (Lipinski definition) is 0. The highest BCUT2D eigenvalue weighted by atomic mass is 16.6. The van der Waals surface area contributed by atoms with Gasteiger partial charge < -0.3 is 14.2 Å². The Labute approximate surface area is 469 Å². The Bertz CT molecular complexity index is 1170. The second-order valence-electron chi connectivity index (χ2n) is 23.5. The van der Waals surface area contributed by atoms with Crippen molar-refractivity contribution in [3.8, 4) is 0 Å². The van der Waals surface area contributed by atoms with Crippen LogP contribution in [0.15, 0.2) is 12.2 Å². The first-order valence-electron chi connectivity index (χ1n) is 34.2. The molecule has 0 bridgehead atoms. The van der Waals surface area contributed by atoms with Crippen molar-refractivity contribution >= 4 is 17.9 Å². The molecule has 6 nitrogen and oxygen atoms in total. The minimum absolute atomic E-state index is 0.0640. The fraction of sp³-hybridized carbons (Fsp3) is 0.928. The third-order valence-electron chi connectivity index (χ3n) is 15.8. The van der Waals surface area contributed by atoms with Crippen molar-refractivity contribution in [3.63, 3.8) is 0 Å². The van der Waals surface area contributed by atoms with Gasteiger partial charge in [0.05, 0.1) is 0 Å². The number of carbonyl (C=O) groups is 3.